The van der Waals surface area contributed by atoms with E-state index in [9.17, 15) is 9.59 Å². The largest absolute Gasteiger partial charge is 0.481 e. The van der Waals surface area contributed by atoms with E-state index in [0.29, 0.717) is 27.8 Å². The highest BCUT2D eigenvalue weighted by atomic mass is 35.5. The second-order valence-electron chi connectivity index (χ2n) is 8.32. The predicted octanol–water partition coefficient (Wildman–Crippen LogP) is 6.39. The van der Waals surface area contributed by atoms with E-state index < -0.39 is 5.97 Å². The highest BCUT2D eigenvalue weighted by Gasteiger charge is 2.33. The van der Waals surface area contributed by atoms with Crippen LogP contribution >= 0.6 is 34.5 Å². The van der Waals surface area contributed by atoms with Crippen LogP contribution in [0.2, 0.25) is 0 Å². The number of carboxylic acid groups (broad SMARTS) is 1. The number of allylic oxidation sites excluding steroid dienone is 6. The van der Waals surface area contributed by atoms with Crippen molar-refractivity contribution in [3.8, 4) is 0 Å². The van der Waals surface area contributed by atoms with Crippen LogP contribution in [0.1, 0.15) is 58.4 Å². The zero-order valence-electron chi connectivity index (χ0n) is 19.1. The molecule has 2 aliphatic rings. The van der Waals surface area contributed by atoms with Crippen LogP contribution < -0.4 is 5.32 Å². The molecule has 0 radical (unpaired) electrons. The molecular weight excluding hydrogens is 505 g/mol. The van der Waals surface area contributed by atoms with Crippen molar-refractivity contribution in [3.05, 3.63) is 91.6 Å². The first-order chi connectivity index (χ1) is 16.8. The monoisotopic (exact) mass is 529 g/mol. The Hall–Kier alpha value is -2.87. The van der Waals surface area contributed by atoms with Crippen molar-refractivity contribution in [2.75, 3.05) is 6.54 Å². The van der Waals surface area contributed by atoms with E-state index >= 15 is 0 Å². The lowest BCUT2D eigenvalue weighted by Crippen LogP contribution is -2.25. The summed E-state index contributed by atoms with van der Waals surface area (Å²) in [5, 5.41) is 19.8. The lowest BCUT2D eigenvalue weighted by molar-refractivity contribution is -0.136. The lowest BCUT2D eigenvalue weighted by Gasteiger charge is -2.29. The molecule has 0 spiro atoms. The molecule has 1 aliphatic carbocycles. The first kappa shape index (κ1) is 25.2. The van der Waals surface area contributed by atoms with Crippen molar-refractivity contribution >= 4 is 52.1 Å². The number of rotatable bonds is 8. The van der Waals surface area contributed by atoms with Crippen molar-refractivity contribution in [2.45, 2.75) is 38.3 Å². The van der Waals surface area contributed by atoms with Crippen molar-refractivity contribution < 1.29 is 14.7 Å². The van der Waals surface area contributed by atoms with E-state index in [4.69, 9.17) is 33.4 Å². The minimum absolute atomic E-state index is 0.0240. The van der Waals surface area contributed by atoms with E-state index in [0.717, 1.165) is 21.7 Å². The Morgan fingerprint density at radius 1 is 1.20 bits per heavy atom. The maximum atomic E-state index is 12.4. The third kappa shape index (κ3) is 6.23. The molecule has 6 nitrogen and oxygen atoms in total. The molecule has 1 aliphatic heterocycles. The number of benzene rings is 1. The molecule has 0 saturated carbocycles. The first-order valence-corrected chi connectivity index (χ1v) is 12.8. The second kappa shape index (κ2) is 11.2. The average molecular weight is 530 g/mol. The normalized spacial score (nSPS) is 18.7. The number of carboxylic acids is 1. The summed E-state index contributed by atoms with van der Waals surface area (Å²) in [6.07, 6.45) is 6.90. The second-order valence-corrected chi connectivity index (χ2v) is 10.4. The van der Waals surface area contributed by atoms with Gasteiger partial charge in [0.05, 0.1) is 29.1 Å². The number of hydrogen-bond acceptors (Lipinski definition) is 5. The highest BCUT2D eigenvalue weighted by Crippen LogP contribution is 2.41. The van der Waals surface area contributed by atoms with Gasteiger partial charge in [0, 0.05) is 34.3 Å². The summed E-state index contributed by atoms with van der Waals surface area (Å²) in [6, 6.07) is 13.9. The third-order valence-corrected chi connectivity index (χ3v) is 7.58. The number of nitrogens with one attached hydrogen (secondary N) is 1. The van der Waals surface area contributed by atoms with Gasteiger partial charge in [-0.2, -0.15) is 5.10 Å². The van der Waals surface area contributed by atoms with Gasteiger partial charge < -0.3 is 10.4 Å². The fourth-order valence-electron chi connectivity index (χ4n) is 4.07. The molecule has 2 atom stereocenters. The Morgan fingerprint density at radius 3 is 2.71 bits per heavy atom. The number of hydrazone groups is 1. The fourth-order valence-corrected chi connectivity index (χ4v) is 5.54. The topological polar surface area (TPSA) is 82.0 Å². The van der Waals surface area contributed by atoms with Crippen LogP contribution in [0.5, 0.6) is 0 Å². The van der Waals surface area contributed by atoms with E-state index in [1.54, 1.807) is 12.1 Å². The van der Waals surface area contributed by atoms with Crippen LogP contribution in [-0.4, -0.2) is 34.2 Å². The zero-order chi connectivity index (χ0) is 24.9. The van der Waals surface area contributed by atoms with Crippen LogP contribution in [0, 0.1) is 0 Å². The molecule has 1 amide bonds. The SMILES string of the molecule is CC(c1ccc(C(=O)NCCC(=O)O)s1)N1N=C(C2=CCC(Cl)=CC(Cl)=C2)CC1c1ccccc1. The van der Waals surface area contributed by atoms with Gasteiger partial charge in [-0.3, -0.25) is 14.6 Å². The van der Waals surface area contributed by atoms with Gasteiger partial charge in [-0.1, -0.05) is 59.6 Å². The van der Waals surface area contributed by atoms with Crippen molar-refractivity contribution in [1.82, 2.24) is 10.3 Å². The molecule has 2 N–H and O–H groups in total. The minimum Gasteiger partial charge on any atom is -0.481 e. The summed E-state index contributed by atoms with van der Waals surface area (Å²) < 4.78 is 0. The summed E-state index contributed by atoms with van der Waals surface area (Å²) in [6.45, 7) is 2.17. The molecule has 9 heteroatoms. The Bertz CT molecular complexity index is 1230. The van der Waals surface area contributed by atoms with E-state index in [2.05, 4.69) is 29.4 Å². The average Bonchev–Trinajstić information content (AvgIpc) is 3.46. The molecule has 0 saturated heterocycles. The van der Waals surface area contributed by atoms with Gasteiger partial charge in [-0.15, -0.1) is 11.3 Å². The van der Waals surface area contributed by atoms with Crippen LogP contribution in [0.3, 0.4) is 0 Å². The van der Waals surface area contributed by atoms with Crippen LogP contribution in [0.15, 0.2) is 81.4 Å². The fraction of sp³-hybridized carbons (Fsp3) is 0.269. The number of thiophene rings is 1. The van der Waals surface area contributed by atoms with Gasteiger partial charge in [0.2, 0.25) is 0 Å². The quantitative estimate of drug-likeness (QED) is 0.414. The number of carbonyl (C=O) groups is 2. The van der Waals surface area contributed by atoms with Crippen LogP contribution in [0.4, 0.5) is 0 Å². The van der Waals surface area contributed by atoms with Gasteiger partial charge in [0.1, 0.15) is 0 Å². The molecule has 35 heavy (non-hydrogen) atoms. The summed E-state index contributed by atoms with van der Waals surface area (Å²) in [5.41, 5.74) is 3.05. The predicted molar refractivity (Wildman–Crippen MR) is 141 cm³/mol. The highest BCUT2D eigenvalue weighted by molar-refractivity contribution is 7.14. The number of nitrogens with zero attached hydrogens (tertiary/aromatic N) is 2. The van der Waals surface area contributed by atoms with Crippen molar-refractivity contribution in [3.63, 3.8) is 0 Å². The Balaban J connectivity index is 1.59. The van der Waals surface area contributed by atoms with Gasteiger partial charge in [0.25, 0.3) is 5.91 Å². The number of halogens is 2. The van der Waals surface area contributed by atoms with Crippen molar-refractivity contribution in [1.29, 1.82) is 0 Å². The smallest absolute Gasteiger partial charge is 0.305 e. The lowest BCUT2D eigenvalue weighted by atomic mass is 9.97. The summed E-state index contributed by atoms with van der Waals surface area (Å²) in [5.74, 6) is -1.22. The number of carbonyl (C=O) groups excluding carboxylic acids is 1. The van der Waals surface area contributed by atoms with Crippen LogP contribution in [-0.2, 0) is 4.79 Å². The standard InChI is InChI=1S/C26H25Cl2N3O3S/c1-16(23-9-10-24(35-23)26(34)29-12-11-25(32)33)31-22(17-5-3-2-4-6-17)15-21(30-31)18-7-8-19(27)14-20(28)13-18/h2-7,9-10,13-14,16,22H,8,11-12,15H2,1H3,(H,29,34)(H,32,33). The maximum Gasteiger partial charge on any atom is 0.305 e. The number of aliphatic carboxylic acids is 1. The number of hydrogen-bond donors (Lipinski definition) is 2. The molecule has 4 rings (SSSR count). The van der Waals surface area contributed by atoms with Gasteiger partial charge in [-0.05, 0) is 42.3 Å². The Morgan fingerprint density at radius 2 is 1.97 bits per heavy atom. The molecule has 182 valence electrons. The zero-order valence-corrected chi connectivity index (χ0v) is 21.4. The Kier molecular flexibility index (Phi) is 8.11. The minimum atomic E-state index is -0.946. The third-order valence-electron chi connectivity index (χ3n) is 5.85. The molecule has 0 fully saturated rings. The summed E-state index contributed by atoms with van der Waals surface area (Å²) in [7, 11) is 0. The molecule has 2 unspecified atom stereocenters. The maximum absolute atomic E-state index is 12.4. The van der Waals surface area contributed by atoms with Crippen LogP contribution in [0.25, 0.3) is 0 Å². The van der Waals surface area contributed by atoms with E-state index in [-0.39, 0.29) is 31.0 Å². The molecule has 1 aromatic carbocycles. The van der Waals surface area contributed by atoms with Crippen molar-refractivity contribution in [2.24, 2.45) is 5.10 Å². The summed E-state index contributed by atoms with van der Waals surface area (Å²) >= 11 is 14.0. The van der Waals surface area contributed by atoms with E-state index in [1.165, 1.54) is 11.3 Å². The molecule has 2 heterocycles. The number of amides is 1. The Labute approximate surface area is 218 Å². The van der Waals surface area contributed by atoms with Gasteiger partial charge >= 0.3 is 5.97 Å². The summed E-state index contributed by atoms with van der Waals surface area (Å²) in [4.78, 5) is 24.7. The molecule has 2 aromatic rings. The molecule has 1 aromatic heterocycles. The molecular formula is C26H25Cl2N3O3S. The first-order valence-electron chi connectivity index (χ1n) is 11.3. The van der Waals surface area contributed by atoms with Gasteiger partial charge in [0.15, 0.2) is 0 Å². The molecule has 0 bridgehead atoms. The van der Waals surface area contributed by atoms with Gasteiger partial charge in [-0.25, -0.2) is 0 Å². The van der Waals surface area contributed by atoms with E-state index in [1.807, 2.05) is 36.4 Å².